The molecule has 0 saturated heterocycles. The zero-order valence-corrected chi connectivity index (χ0v) is 36.3. The molecule has 0 atom stereocenters. The van der Waals surface area contributed by atoms with E-state index in [9.17, 15) is 25.1 Å². The van der Waals surface area contributed by atoms with E-state index in [2.05, 4.69) is 90.0 Å². The van der Waals surface area contributed by atoms with Crippen LogP contribution in [0.1, 0.15) is 153 Å². The van der Waals surface area contributed by atoms with Crippen molar-refractivity contribution < 1.29 is 24.4 Å². The van der Waals surface area contributed by atoms with E-state index in [0.717, 1.165) is 86.7 Å². The average molecular weight is 815 g/mol. The molecule has 2 heterocycles. The minimum atomic E-state index is -0.892. The fourth-order valence-corrected chi connectivity index (χ4v) is 11.0. The molecule has 1 aliphatic heterocycles. The normalized spacial score (nSPS) is 14.3. The lowest BCUT2D eigenvalue weighted by Gasteiger charge is -2.35. The van der Waals surface area contributed by atoms with Crippen LogP contribution >= 0.6 is 11.3 Å². The number of hydrogen-bond acceptors (Lipinski definition) is 5. The molecular weight excluding hydrogens is 751 g/mol. The van der Waals surface area contributed by atoms with Gasteiger partial charge in [0.05, 0.1) is 12.1 Å². The van der Waals surface area contributed by atoms with Gasteiger partial charge in [-0.05, 0) is 46.7 Å². The highest BCUT2D eigenvalue weighted by Gasteiger charge is 2.50. The zero-order chi connectivity index (χ0) is 41.6. The van der Waals surface area contributed by atoms with Gasteiger partial charge in [-0.2, -0.15) is 9.83 Å². The van der Waals surface area contributed by atoms with Crippen molar-refractivity contribution in [1.29, 1.82) is 5.26 Å². The van der Waals surface area contributed by atoms with Gasteiger partial charge in [0.2, 0.25) is 5.52 Å². The zero-order valence-electron chi connectivity index (χ0n) is 35.4. The van der Waals surface area contributed by atoms with Gasteiger partial charge in [-0.3, -0.25) is 9.59 Å². The molecule has 59 heavy (non-hydrogen) atoms. The van der Waals surface area contributed by atoms with Crippen LogP contribution in [0.3, 0.4) is 0 Å². The van der Waals surface area contributed by atoms with Gasteiger partial charge < -0.3 is 15.1 Å². The molecule has 1 aromatic heterocycles. The van der Waals surface area contributed by atoms with Crippen molar-refractivity contribution >= 4 is 66.3 Å². The lowest BCUT2D eigenvalue weighted by molar-refractivity contribution is -0.668. The Morgan fingerprint density at radius 1 is 0.678 bits per heavy atom. The Labute approximate surface area is 355 Å². The molecule has 0 aliphatic carbocycles. The highest BCUT2D eigenvalue weighted by atomic mass is 32.1. The third-order valence-electron chi connectivity index (χ3n) is 12.6. The second-order valence-corrected chi connectivity index (χ2v) is 17.7. The lowest BCUT2D eigenvalue weighted by Crippen LogP contribution is -2.39. The molecule has 2 N–H and O–H groups in total. The number of nitrogens with zero attached hydrogens (tertiary/aromatic N) is 3. The number of thiazole rings is 1. The number of hydrogen-bond donors (Lipinski definition) is 2. The number of anilines is 1. The Hall–Kier alpha value is -4.74. The maximum Gasteiger partial charge on any atom is 0.309 e. The number of rotatable bonds is 25. The van der Waals surface area contributed by atoms with Gasteiger partial charge in [0.1, 0.15) is 17.2 Å². The van der Waals surface area contributed by atoms with E-state index in [4.69, 9.17) is 0 Å². The number of aliphatic carboxylic acids is 2. The third-order valence-corrected chi connectivity index (χ3v) is 13.8. The van der Waals surface area contributed by atoms with Gasteiger partial charge in [0, 0.05) is 29.1 Å². The van der Waals surface area contributed by atoms with Gasteiger partial charge in [-0.1, -0.05) is 183 Å². The standard InChI is InChI=1S/C51H63N3O4S/c1-3-5-7-9-11-13-15-21-33-51(34-22-16-14-12-10-8-6-4-2)47-40-25-19-17-23-38(40)27-29-43(47)53(35-31-45(55)56)49(51)42(37-52)50-54(36-32-46(57)58)44-30-28-39-24-18-20-26-41(39)48(44)59-50/h17-20,23-30H,3-16,21-22,31-36H2,1-2H3,(H-,55,56,57,58)/p+1. The molecule has 312 valence electrons. The SMILES string of the molecule is CCCCCCCCCCC1(CCCCCCCCCC)C(=C(C#N)c2sc3c4ccccc4ccc3[n+]2CCC(=O)O)N(CCC(=O)O)c2ccc3ccccc3c21. The highest BCUT2D eigenvalue weighted by Crippen LogP contribution is 2.58. The number of aromatic nitrogens is 1. The van der Waals surface area contributed by atoms with Gasteiger partial charge in [0.25, 0.3) is 5.01 Å². The minimum absolute atomic E-state index is 0.0733. The number of aryl methyl sites for hydroxylation is 1. The first-order chi connectivity index (χ1) is 28.8. The van der Waals surface area contributed by atoms with Crippen molar-refractivity contribution in [3.8, 4) is 6.07 Å². The van der Waals surface area contributed by atoms with Crippen molar-refractivity contribution in [3.05, 3.63) is 89.1 Å². The third kappa shape index (κ3) is 10.2. The molecule has 1 aliphatic rings. The summed E-state index contributed by atoms with van der Waals surface area (Å²) in [5, 5.41) is 37.0. The number of carboxylic acids is 2. The van der Waals surface area contributed by atoms with Crippen LogP contribution in [0.25, 0.3) is 37.3 Å². The second kappa shape index (κ2) is 21.5. The average Bonchev–Trinajstić information content (AvgIpc) is 3.75. The number of carboxylic acid groups (broad SMARTS) is 2. The number of nitriles is 1. The predicted octanol–water partition coefficient (Wildman–Crippen LogP) is 13.5. The van der Waals surface area contributed by atoms with Crippen LogP contribution in [0, 0.1) is 11.3 Å². The molecule has 7 nitrogen and oxygen atoms in total. The molecule has 6 rings (SSSR count). The molecule has 0 amide bonds. The van der Waals surface area contributed by atoms with Crippen molar-refractivity contribution in [2.24, 2.45) is 0 Å². The summed E-state index contributed by atoms with van der Waals surface area (Å²) in [5.41, 5.74) is 4.01. The second-order valence-electron chi connectivity index (χ2n) is 16.7. The van der Waals surface area contributed by atoms with Crippen LogP contribution in [0.15, 0.2) is 78.5 Å². The summed E-state index contributed by atoms with van der Waals surface area (Å²) in [5.74, 6) is -1.77. The molecule has 0 saturated carbocycles. The molecule has 0 radical (unpaired) electrons. The quantitative estimate of drug-likeness (QED) is 0.0345. The predicted molar refractivity (Wildman–Crippen MR) is 244 cm³/mol. The number of carbonyl (C=O) groups is 2. The van der Waals surface area contributed by atoms with E-state index in [0.29, 0.717) is 5.57 Å². The Morgan fingerprint density at radius 2 is 1.20 bits per heavy atom. The number of allylic oxidation sites excluding steroid dienone is 2. The minimum Gasteiger partial charge on any atom is -0.481 e. The first kappa shape index (κ1) is 43.8. The van der Waals surface area contributed by atoms with E-state index in [1.165, 1.54) is 82.6 Å². The summed E-state index contributed by atoms with van der Waals surface area (Å²) >= 11 is 1.56. The van der Waals surface area contributed by atoms with Crippen molar-refractivity contribution in [2.75, 3.05) is 11.4 Å². The van der Waals surface area contributed by atoms with Crippen molar-refractivity contribution in [3.63, 3.8) is 0 Å². The van der Waals surface area contributed by atoms with Crippen molar-refractivity contribution in [2.45, 2.75) is 154 Å². The highest BCUT2D eigenvalue weighted by molar-refractivity contribution is 7.20. The van der Waals surface area contributed by atoms with Crippen LogP contribution in [0.4, 0.5) is 5.69 Å². The molecule has 4 aromatic carbocycles. The Morgan fingerprint density at radius 3 is 1.78 bits per heavy atom. The molecule has 0 spiro atoms. The Kier molecular flexibility index (Phi) is 16.0. The van der Waals surface area contributed by atoms with Crippen LogP contribution in [0.2, 0.25) is 0 Å². The first-order valence-electron chi connectivity index (χ1n) is 22.6. The summed E-state index contributed by atoms with van der Waals surface area (Å²) in [6.07, 6.45) is 20.6. The number of fused-ring (bicyclic) bond motifs is 6. The van der Waals surface area contributed by atoms with Gasteiger partial charge in [-0.25, -0.2) is 0 Å². The molecule has 0 fully saturated rings. The smallest absolute Gasteiger partial charge is 0.309 e. The molecule has 0 bridgehead atoms. The summed E-state index contributed by atoms with van der Waals surface area (Å²) < 4.78 is 3.08. The molecule has 5 aromatic rings. The Bertz CT molecular complexity index is 2260. The molecular formula is C51H64N3O4S+. The van der Waals surface area contributed by atoms with E-state index in [-0.39, 0.29) is 25.9 Å². The van der Waals surface area contributed by atoms with Gasteiger partial charge >= 0.3 is 11.9 Å². The van der Waals surface area contributed by atoms with Crippen LogP contribution < -0.4 is 9.47 Å². The largest absolute Gasteiger partial charge is 0.481 e. The van der Waals surface area contributed by atoms with Crippen LogP contribution in [-0.4, -0.2) is 28.7 Å². The first-order valence-corrected chi connectivity index (χ1v) is 23.4. The summed E-state index contributed by atoms with van der Waals surface area (Å²) in [6, 6.07) is 28.0. The number of unbranched alkanes of at least 4 members (excludes halogenated alkanes) is 14. The van der Waals surface area contributed by atoms with E-state index >= 15 is 0 Å². The monoisotopic (exact) mass is 814 g/mol. The fourth-order valence-electron chi connectivity index (χ4n) is 9.66. The maximum absolute atomic E-state index is 12.4. The Balaban J connectivity index is 1.57. The maximum atomic E-state index is 12.4. The van der Waals surface area contributed by atoms with E-state index in [1.807, 2.05) is 12.1 Å². The van der Waals surface area contributed by atoms with Gasteiger partial charge in [0.15, 0.2) is 12.1 Å². The molecule has 0 unspecified atom stereocenters. The molecule has 8 heteroatoms. The number of benzene rings is 4. The fraction of sp³-hybridized carbons (Fsp3) is 0.490. The van der Waals surface area contributed by atoms with Gasteiger partial charge in [-0.15, -0.1) is 0 Å². The summed E-state index contributed by atoms with van der Waals surface area (Å²) in [6.45, 7) is 4.96. The lowest BCUT2D eigenvalue weighted by atomic mass is 9.69. The summed E-state index contributed by atoms with van der Waals surface area (Å²) in [4.78, 5) is 26.8. The van der Waals surface area contributed by atoms with Crippen LogP contribution in [-0.2, 0) is 21.5 Å². The van der Waals surface area contributed by atoms with Crippen molar-refractivity contribution in [1.82, 2.24) is 0 Å². The van der Waals surface area contributed by atoms with E-state index < -0.39 is 17.4 Å². The summed E-state index contributed by atoms with van der Waals surface area (Å²) in [7, 11) is 0. The van der Waals surface area contributed by atoms with Crippen LogP contribution in [0.5, 0.6) is 0 Å². The van der Waals surface area contributed by atoms with E-state index in [1.54, 1.807) is 11.3 Å². The topological polar surface area (TPSA) is 106 Å².